The molecule has 0 saturated carbocycles. The maximum Gasteiger partial charge on any atom is 0.410 e. The maximum absolute atomic E-state index is 12.2. The first-order valence-corrected chi connectivity index (χ1v) is 11.7. The average Bonchev–Trinajstić information content (AvgIpc) is 3.15. The second-order valence-corrected chi connectivity index (χ2v) is 9.85. The zero-order valence-electron chi connectivity index (χ0n) is 20.0. The number of nitrogens with zero attached hydrogens (tertiary/aromatic N) is 3. The van der Waals surface area contributed by atoms with Gasteiger partial charge in [0.05, 0.1) is 6.54 Å². The van der Waals surface area contributed by atoms with Crippen LogP contribution in [0.1, 0.15) is 43.6 Å². The van der Waals surface area contributed by atoms with Crippen molar-refractivity contribution < 1.29 is 14.3 Å². The van der Waals surface area contributed by atoms with Crippen LogP contribution in [0.5, 0.6) is 0 Å². The van der Waals surface area contributed by atoms with Crippen LogP contribution >= 0.6 is 0 Å². The van der Waals surface area contributed by atoms with Gasteiger partial charge in [-0.1, -0.05) is 54.6 Å². The highest BCUT2D eigenvalue weighted by molar-refractivity contribution is 5.68. The van der Waals surface area contributed by atoms with Gasteiger partial charge in [-0.15, -0.1) is 0 Å². The fourth-order valence-corrected chi connectivity index (χ4v) is 4.22. The summed E-state index contributed by atoms with van der Waals surface area (Å²) < 4.78 is 11.5. The summed E-state index contributed by atoms with van der Waals surface area (Å²) in [4.78, 5) is 18.6. The molecule has 1 amide bonds. The number of rotatable bonds is 5. The van der Waals surface area contributed by atoms with Gasteiger partial charge < -0.3 is 19.3 Å². The van der Waals surface area contributed by atoms with Crippen molar-refractivity contribution in [2.24, 2.45) is 0 Å². The Kier molecular flexibility index (Phi) is 6.94. The second-order valence-electron chi connectivity index (χ2n) is 9.85. The van der Waals surface area contributed by atoms with Gasteiger partial charge in [0.2, 0.25) is 0 Å². The van der Waals surface area contributed by atoms with Crippen LogP contribution in [-0.2, 0) is 22.6 Å². The minimum absolute atomic E-state index is 0.0392. The number of hydrogen-bond acceptors (Lipinski definition) is 5. The van der Waals surface area contributed by atoms with Crippen LogP contribution in [0, 0.1) is 0 Å². The Balaban J connectivity index is 1.25. The summed E-state index contributed by atoms with van der Waals surface area (Å²) in [7, 11) is 0. The first-order valence-electron chi connectivity index (χ1n) is 11.7. The van der Waals surface area contributed by atoms with Crippen LogP contribution in [0.3, 0.4) is 0 Å². The van der Waals surface area contributed by atoms with E-state index in [2.05, 4.69) is 52.8 Å². The Morgan fingerprint density at radius 1 is 0.970 bits per heavy atom. The van der Waals surface area contributed by atoms with Crippen molar-refractivity contribution >= 4 is 6.09 Å². The van der Waals surface area contributed by atoms with Gasteiger partial charge in [0, 0.05) is 39.3 Å². The van der Waals surface area contributed by atoms with E-state index >= 15 is 0 Å². The Labute approximate surface area is 197 Å². The number of benzene rings is 2. The third-order valence-corrected chi connectivity index (χ3v) is 6.02. The van der Waals surface area contributed by atoms with E-state index in [9.17, 15) is 4.79 Å². The molecule has 4 rings (SSSR count). The lowest BCUT2D eigenvalue weighted by Crippen LogP contribution is -2.49. The standard InChI is InChI=1S/C27H35N3O3/c1-21-30(20-25(32-21)24-8-6-5-7-9-24)19-23-12-10-22(11-13-23)18-28-14-16-29(17-15-28)26(31)33-27(2,3)4/h5-13,25H,1,14-20H2,2-4H3. The van der Waals surface area contributed by atoms with Crippen LogP contribution in [0.15, 0.2) is 67.1 Å². The summed E-state index contributed by atoms with van der Waals surface area (Å²) in [6.07, 6.45) is -0.175. The molecule has 2 aliphatic rings. The molecule has 2 aromatic rings. The lowest BCUT2D eigenvalue weighted by Gasteiger charge is -2.35. The monoisotopic (exact) mass is 449 g/mol. The minimum Gasteiger partial charge on any atom is -0.470 e. The third kappa shape index (κ3) is 6.29. The van der Waals surface area contributed by atoms with E-state index in [4.69, 9.17) is 9.47 Å². The summed E-state index contributed by atoms with van der Waals surface area (Å²) in [5, 5.41) is 0. The molecule has 1 atom stereocenters. The summed E-state index contributed by atoms with van der Waals surface area (Å²) in [6.45, 7) is 15.4. The van der Waals surface area contributed by atoms with Crippen molar-refractivity contribution in [1.82, 2.24) is 14.7 Å². The smallest absolute Gasteiger partial charge is 0.410 e. The Morgan fingerprint density at radius 3 is 2.18 bits per heavy atom. The fraction of sp³-hybridized carbons (Fsp3) is 0.444. The first kappa shape index (κ1) is 23.2. The summed E-state index contributed by atoms with van der Waals surface area (Å²) in [5.74, 6) is 0.732. The predicted octanol–water partition coefficient (Wildman–Crippen LogP) is 4.78. The molecule has 33 heavy (non-hydrogen) atoms. The summed E-state index contributed by atoms with van der Waals surface area (Å²) in [6, 6.07) is 19.1. The van der Waals surface area contributed by atoms with Crippen molar-refractivity contribution in [3.8, 4) is 0 Å². The van der Waals surface area contributed by atoms with Gasteiger partial charge in [-0.25, -0.2) is 4.79 Å². The summed E-state index contributed by atoms with van der Waals surface area (Å²) in [5.41, 5.74) is 3.25. The Bertz CT molecular complexity index is 945. The zero-order chi connectivity index (χ0) is 23.4. The van der Waals surface area contributed by atoms with Gasteiger partial charge in [-0.2, -0.15) is 0 Å². The van der Waals surface area contributed by atoms with Gasteiger partial charge in [0.15, 0.2) is 5.88 Å². The molecule has 2 aliphatic heterocycles. The highest BCUT2D eigenvalue weighted by Gasteiger charge is 2.28. The van der Waals surface area contributed by atoms with Gasteiger partial charge in [0.1, 0.15) is 11.7 Å². The average molecular weight is 450 g/mol. The molecule has 0 aliphatic carbocycles. The number of amides is 1. The van der Waals surface area contributed by atoms with Crippen LogP contribution in [0.25, 0.3) is 0 Å². The largest absolute Gasteiger partial charge is 0.470 e. The third-order valence-electron chi connectivity index (χ3n) is 6.02. The second kappa shape index (κ2) is 9.87. The number of ether oxygens (including phenoxy) is 2. The number of carbonyl (C=O) groups is 1. The lowest BCUT2D eigenvalue weighted by molar-refractivity contribution is 0.0139. The Hall–Kier alpha value is -2.99. The van der Waals surface area contributed by atoms with E-state index in [1.54, 1.807) is 4.90 Å². The molecule has 2 heterocycles. The molecule has 176 valence electrons. The van der Waals surface area contributed by atoms with Crippen molar-refractivity contribution in [3.63, 3.8) is 0 Å². The molecule has 6 nitrogen and oxygen atoms in total. The SMILES string of the molecule is C=C1OC(c2ccccc2)CN1Cc1ccc(CN2CCN(C(=O)OC(C)(C)C)CC2)cc1. The number of hydrogen-bond donors (Lipinski definition) is 0. The van der Waals surface area contributed by atoms with E-state index in [-0.39, 0.29) is 12.2 Å². The maximum atomic E-state index is 12.2. The highest BCUT2D eigenvalue weighted by atomic mass is 16.6. The molecular weight excluding hydrogens is 414 g/mol. The van der Waals surface area contributed by atoms with Gasteiger partial charge in [-0.05, 0) is 44.0 Å². The predicted molar refractivity (Wildman–Crippen MR) is 129 cm³/mol. The van der Waals surface area contributed by atoms with Gasteiger partial charge in [0.25, 0.3) is 0 Å². The van der Waals surface area contributed by atoms with Crippen molar-refractivity contribution in [1.29, 1.82) is 0 Å². The van der Waals surface area contributed by atoms with E-state index in [1.165, 1.54) is 16.7 Å². The van der Waals surface area contributed by atoms with E-state index in [1.807, 2.05) is 39.0 Å². The molecule has 2 saturated heterocycles. The molecule has 6 heteroatoms. The normalized spacial score (nSPS) is 19.5. The van der Waals surface area contributed by atoms with Crippen LogP contribution in [-0.4, -0.2) is 59.1 Å². The topological polar surface area (TPSA) is 45.2 Å². The zero-order valence-corrected chi connectivity index (χ0v) is 20.0. The molecule has 2 aromatic carbocycles. The number of carbonyl (C=O) groups excluding carboxylic acids is 1. The molecule has 0 N–H and O–H groups in total. The molecule has 0 radical (unpaired) electrons. The first-order chi connectivity index (χ1) is 15.8. The van der Waals surface area contributed by atoms with Crippen molar-refractivity contribution in [3.05, 3.63) is 83.7 Å². The van der Waals surface area contributed by atoms with Crippen molar-refractivity contribution in [2.45, 2.75) is 45.6 Å². The summed E-state index contributed by atoms with van der Waals surface area (Å²) >= 11 is 0. The van der Waals surface area contributed by atoms with Gasteiger partial charge in [-0.3, -0.25) is 4.90 Å². The molecular formula is C27H35N3O3. The van der Waals surface area contributed by atoms with Crippen LogP contribution < -0.4 is 0 Å². The quantitative estimate of drug-likeness (QED) is 0.657. The van der Waals surface area contributed by atoms with Crippen LogP contribution in [0.4, 0.5) is 4.79 Å². The van der Waals surface area contributed by atoms with E-state index < -0.39 is 5.60 Å². The molecule has 0 bridgehead atoms. The molecule has 2 fully saturated rings. The molecule has 0 aromatic heterocycles. The number of piperazine rings is 1. The highest BCUT2D eigenvalue weighted by Crippen LogP contribution is 2.31. The minimum atomic E-state index is -0.452. The molecule has 0 spiro atoms. The fourth-order valence-electron chi connectivity index (χ4n) is 4.22. The van der Waals surface area contributed by atoms with E-state index in [0.717, 1.165) is 38.6 Å². The van der Waals surface area contributed by atoms with Gasteiger partial charge >= 0.3 is 6.09 Å². The van der Waals surface area contributed by atoms with Crippen molar-refractivity contribution in [2.75, 3.05) is 32.7 Å². The van der Waals surface area contributed by atoms with Crippen LogP contribution in [0.2, 0.25) is 0 Å². The Morgan fingerprint density at radius 2 is 1.58 bits per heavy atom. The molecule has 1 unspecified atom stereocenters. The lowest BCUT2D eigenvalue weighted by atomic mass is 10.1. The van der Waals surface area contributed by atoms with E-state index in [0.29, 0.717) is 13.1 Å².